The highest BCUT2D eigenvalue weighted by Crippen LogP contribution is 2.18. The number of amides is 2. The molecule has 0 saturated carbocycles. The van der Waals surface area contributed by atoms with Crippen molar-refractivity contribution >= 4 is 21.8 Å². The first kappa shape index (κ1) is 21.9. The Morgan fingerprint density at radius 1 is 1.15 bits per heavy atom. The van der Waals surface area contributed by atoms with Gasteiger partial charge in [-0.2, -0.15) is 0 Å². The van der Waals surface area contributed by atoms with Gasteiger partial charge < -0.3 is 9.80 Å². The van der Waals surface area contributed by atoms with Gasteiger partial charge in [0.2, 0.25) is 21.8 Å². The van der Waals surface area contributed by atoms with Gasteiger partial charge in [-0.3, -0.25) is 9.59 Å². The van der Waals surface area contributed by atoms with Crippen molar-refractivity contribution in [1.29, 1.82) is 0 Å². The summed E-state index contributed by atoms with van der Waals surface area (Å²) in [5, 5.41) is 0. The second kappa shape index (κ2) is 10.1. The summed E-state index contributed by atoms with van der Waals surface area (Å²) in [5.74, 6) is -0.993. The first-order valence-corrected chi connectivity index (χ1v) is 10.0. The molecular formula is C18H27N3O4S. The third-order valence-electron chi connectivity index (χ3n) is 4.06. The second-order valence-corrected chi connectivity index (χ2v) is 8.02. The standard InChI is InChI=1S/C18H27N3O4S/c1-5-16(15-10-8-7-9-11-15)18(23)21(4)13-12-20(3)17(22)14-19-26(24,25)6-2/h5,7-11,16,19H,1,6,12-14H2,2-4H3. The molecule has 1 rings (SSSR count). The third kappa shape index (κ3) is 6.61. The molecule has 1 atom stereocenters. The SMILES string of the molecule is C=CC(C(=O)N(C)CCN(C)C(=O)CNS(=O)(=O)CC)c1ccccc1. The molecule has 1 aromatic carbocycles. The van der Waals surface area contributed by atoms with Crippen LogP contribution in [0.15, 0.2) is 43.0 Å². The molecule has 0 spiro atoms. The predicted octanol–water partition coefficient (Wildman–Crippen LogP) is 0.812. The van der Waals surface area contributed by atoms with Gasteiger partial charge in [-0.05, 0) is 12.5 Å². The number of sulfonamides is 1. The summed E-state index contributed by atoms with van der Waals surface area (Å²) in [6, 6.07) is 9.35. The Labute approximate surface area is 155 Å². The number of nitrogens with one attached hydrogen (secondary N) is 1. The van der Waals surface area contributed by atoms with Gasteiger partial charge in [-0.1, -0.05) is 36.4 Å². The molecule has 1 N–H and O–H groups in total. The van der Waals surface area contributed by atoms with Crippen LogP contribution in [0.5, 0.6) is 0 Å². The van der Waals surface area contributed by atoms with E-state index >= 15 is 0 Å². The fraction of sp³-hybridized carbons (Fsp3) is 0.444. The molecule has 0 saturated heterocycles. The lowest BCUT2D eigenvalue weighted by molar-refractivity contribution is -0.133. The molecule has 0 heterocycles. The van der Waals surface area contributed by atoms with Gasteiger partial charge >= 0.3 is 0 Å². The highest BCUT2D eigenvalue weighted by atomic mass is 32.2. The van der Waals surface area contributed by atoms with Gasteiger partial charge in [0.05, 0.1) is 18.2 Å². The third-order valence-corrected chi connectivity index (χ3v) is 5.40. The number of nitrogens with zero attached hydrogens (tertiary/aromatic N) is 2. The largest absolute Gasteiger partial charge is 0.343 e. The van der Waals surface area contributed by atoms with Gasteiger partial charge in [-0.15, -0.1) is 6.58 Å². The van der Waals surface area contributed by atoms with Gasteiger partial charge in [0.1, 0.15) is 0 Å². The molecule has 1 unspecified atom stereocenters. The Bertz CT molecular complexity index is 719. The van der Waals surface area contributed by atoms with Crippen LogP contribution in [0.2, 0.25) is 0 Å². The molecule has 8 heteroatoms. The molecule has 0 radical (unpaired) electrons. The van der Waals surface area contributed by atoms with E-state index in [1.807, 2.05) is 30.3 Å². The molecule has 26 heavy (non-hydrogen) atoms. The minimum Gasteiger partial charge on any atom is -0.343 e. The fourth-order valence-electron chi connectivity index (χ4n) is 2.22. The molecular weight excluding hydrogens is 354 g/mol. The van der Waals surface area contributed by atoms with E-state index in [1.165, 1.54) is 11.8 Å². The molecule has 144 valence electrons. The topological polar surface area (TPSA) is 86.8 Å². The Kier molecular flexibility index (Phi) is 8.47. The van der Waals surface area contributed by atoms with E-state index in [2.05, 4.69) is 11.3 Å². The van der Waals surface area contributed by atoms with Gasteiger partial charge in [0.15, 0.2) is 0 Å². The zero-order valence-electron chi connectivity index (χ0n) is 15.5. The number of hydrogen-bond donors (Lipinski definition) is 1. The number of carbonyl (C=O) groups excluding carboxylic acids is 2. The fourth-order valence-corrected chi connectivity index (χ4v) is 2.77. The summed E-state index contributed by atoms with van der Waals surface area (Å²) in [6.07, 6.45) is 1.60. The normalized spacial score (nSPS) is 12.3. The maximum Gasteiger partial charge on any atom is 0.237 e. The smallest absolute Gasteiger partial charge is 0.237 e. The molecule has 0 fully saturated rings. The van der Waals surface area contributed by atoms with E-state index in [0.29, 0.717) is 13.1 Å². The van der Waals surface area contributed by atoms with Crippen molar-refractivity contribution in [2.75, 3.05) is 39.5 Å². The minimum absolute atomic E-state index is 0.0797. The summed E-state index contributed by atoms with van der Waals surface area (Å²) >= 11 is 0. The van der Waals surface area contributed by atoms with Crippen molar-refractivity contribution in [2.24, 2.45) is 0 Å². The number of carbonyl (C=O) groups is 2. The lowest BCUT2D eigenvalue weighted by atomic mass is 9.98. The Hall–Kier alpha value is -2.19. The highest BCUT2D eigenvalue weighted by molar-refractivity contribution is 7.89. The summed E-state index contributed by atoms with van der Waals surface area (Å²) < 4.78 is 25.0. The number of likely N-dealkylation sites (N-methyl/N-ethyl adjacent to an activating group) is 2. The van der Waals surface area contributed by atoms with Crippen molar-refractivity contribution in [3.8, 4) is 0 Å². The second-order valence-electron chi connectivity index (χ2n) is 5.92. The van der Waals surface area contributed by atoms with Crippen molar-refractivity contribution in [3.05, 3.63) is 48.6 Å². The van der Waals surface area contributed by atoms with Crippen molar-refractivity contribution in [1.82, 2.24) is 14.5 Å². The van der Waals surface area contributed by atoms with Crippen LogP contribution in [-0.2, 0) is 19.6 Å². The Morgan fingerprint density at radius 2 is 1.73 bits per heavy atom. The van der Waals surface area contributed by atoms with Gasteiger partial charge in [0, 0.05) is 27.2 Å². The lowest BCUT2D eigenvalue weighted by Gasteiger charge is -2.25. The molecule has 0 aliphatic heterocycles. The van der Waals surface area contributed by atoms with Crippen LogP contribution in [-0.4, -0.2) is 69.5 Å². The van der Waals surface area contributed by atoms with Crippen LogP contribution < -0.4 is 4.72 Å². The quantitative estimate of drug-likeness (QED) is 0.608. The van der Waals surface area contributed by atoms with Crippen LogP contribution in [0, 0.1) is 0 Å². The highest BCUT2D eigenvalue weighted by Gasteiger charge is 2.21. The number of hydrogen-bond acceptors (Lipinski definition) is 4. The first-order valence-electron chi connectivity index (χ1n) is 8.35. The van der Waals surface area contributed by atoms with Crippen molar-refractivity contribution < 1.29 is 18.0 Å². The summed E-state index contributed by atoms with van der Waals surface area (Å²) in [6.45, 7) is 5.59. The molecule has 1 aromatic rings. The monoisotopic (exact) mass is 381 g/mol. The van der Waals surface area contributed by atoms with E-state index in [9.17, 15) is 18.0 Å². The molecule has 0 aliphatic rings. The summed E-state index contributed by atoms with van der Waals surface area (Å²) in [4.78, 5) is 27.5. The molecule has 0 bridgehead atoms. The number of benzene rings is 1. The maximum absolute atomic E-state index is 12.6. The van der Waals surface area contributed by atoms with Gasteiger partial charge in [0.25, 0.3) is 0 Å². The van der Waals surface area contributed by atoms with E-state index in [0.717, 1.165) is 5.56 Å². The number of rotatable bonds is 10. The van der Waals surface area contributed by atoms with E-state index in [4.69, 9.17) is 0 Å². The zero-order chi connectivity index (χ0) is 19.7. The van der Waals surface area contributed by atoms with Crippen LogP contribution in [0.1, 0.15) is 18.4 Å². The average molecular weight is 381 g/mol. The maximum atomic E-state index is 12.6. The summed E-state index contributed by atoms with van der Waals surface area (Å²) in [5.41, 5.74) is 0.859. The van der Waals surface area contributed by atoms with E-state index < -0.39 is 15.9 Å². The van der Waals surface area contributed by atoms with Crippen LogP contribution in [0.3, 0.4) is 0 Å². The first-order chi connectivity index (χ1) is 12.2. The summed E-state index contributed by atoms with van der Waals surface area (Å²) in [7, 11) is -0.172. The van der Waals surface area contributed by atoms with Crippen LogP contribution >= 0.6 is 0 Å². The minimum atomic E-state index is -3.41. The van der Waals surface area contributed by atoms with Crippen LogP contribution in [0.25, 0.3) is 0 Å². The molecule has 0 aliphatic carbocycles. The average Bonchev–Trinajstić information content (AvgIpc) is 2.65. The predicted molar refractivity (Wildman–Crippen MR) is 102 cm³/mol. The molecule has 7 nitrogen and oxygen atoms in total. The van der Waals surface area contributed by atoms with E-state index in [1.54, 1.807) is 25.1 Å². The van der Waals surface area contributed by atoms with E-state index in [-0.39, 0.29) is 24.1 Å². The Morgan fingerprint density at radius 3 is 2.27 bits per heavy atom. The Balaban J connectivity index is 2.56. The van der Waals surface area contributed by atoms with Gasteiger partial charge in [-0.25, -0.2) is 13.1 Å². The van der Waals surface area contributed by atoms with Crippen molar-refractivity contribution in [2.45, 2.75) is 12.8 Å². The molecule has 2 amide bonds. The zero-order valence-corrected chi connectivity index (χ0v) is 16.3. The van der Waals surface area contributed by atoms with Crippen LogP contribution in [0.4, 0.5) is 0 Å². The molecule has 0 aromatic heterocycles. The lowest BCUT2D eigenvalue weighted by Crippen LogP contribution is -2.43. The van der Waals surface area contributed by atoms with Crippen molar-refractivity contribution in [3.63, 3.8) is 0 Å².